The van der Waals surface area contributed by atoms with Crippen LogP contribution >= 0.6 is 0 Å². The highest BCUT2D eigenvalue weighted by Gasteiger charge is 2.17. The van der Waals surface area contributed by atoms with Crippen molar-refractivity contribution in [3.8, 4) is 45.6 Å². The van der Waals surface area contributed by atoms with Gasteiger partial charge in [0.15, 0.2) is 23.0 Å². The van der Waals surface area contributed by atoms with E-state index in [1.165, 1.54) is 0 Å². The van der Waals surface area contributed by atoms with E-state index in [1.807, 2.05) is 50.3 Å². The van der Waals surface area contributed by atoms with Crippen LogP contribution in [0.15, 0.2) is 72.8 Å². The van der Waals surface area contributed by atoms with Crippen LogP contribution in [0.4, 0.5) is 0 Å². The minimum absolute atomic E-state index is 0.0581. The van der Waals surface area contributed by atoms with Crippen LogP contribution in [0.5, 0.6) is 34.5 Å². The highest BCUT2D eigenvalue weighted by Crippen LogP contribution is 2.41. The maximum Gasteiger partial charge on any atom is 0.203 e. The molecular weight excluding hydrogens is 576 g/mol. The number of hydrogen-bond acceptors (Lipinski definition) is 6. The smallest absolute Gasteiger partial charge is 0.203 e. The molecule has 0 aromatic heterocycles. The predicted molar refractivity (Wildman–Crippen MR) is 190 cm³/mol. The molecule has 4 aromatic rings. The summed E-state index contributed by atoms with van der Waals surface area (Å²) >= 11 is 0. The monoisotopic (exact) mass is 622 g/mol. The molecule has 0 radical (unpaired) electrons. The third kappa shape index (κ3) is 8.66. The van der Waals surface area contributed by atoms with E-state index in [1.54, 1.807) is 28.4 Å². The predicted octanol–water partition coefficient (Wildman–Crippen LogP) is 10.1. The SMILES string of the molecule is CCC(C)Oc1c(OC)cc(C=Cc2ccc(-c3ccc(C=Cc4cc(OC)c(OC(C)CC)c(OC)c4)cc3)cc2)cc1OC. The van der Waals surface area contributed by atoms with E-state index in [0.29, 0.717) is 34.5 Å². The van der Waals surface area contributed by atoms with E-state index >= 15 is 0 Å². The highest BCUT2D eigenvalue weighted by atomic mass is 16.5. The fourth-order valence-electron chi connectivity index (χ4n) is 4.75. The Labute approximate surface area is 274 Å². The number of hydrogen-bond donors (Lipinski definition) is 0. The fourth-order valence-corrected chi connectivity index (χ4v) is 4.75. The largest absolute Gasteiger partial charge is 0.493 e. The summed E-state index contributed by atoms with van der Waals surface area (Å²) in [6, 6.07) is 24.9. The van der Waals surface area contributed by atoms with Gasteiger partial charge >= 0.3 is 0 Å². The van der Waals surface area contributed by atoms with Crippen LogP contribution in [-0.4, -0.2) is 40.6 Å². The molecule has 46 heavy (non-hydrogen) atoms. The minimum Gasteiger partial charge on any atom is -0.493 e. The van der Waals surface area contributed by atoms with E-state index in [-0.39, 0.29) is 12.2 Å². The first kappa shape index (κ1) is 34.0. The zero-order chi connectivity index (χ0) is 33.1. The summed E-state index contributed by atoms with van der Waals surface area (Å²) in [5, 5.41) is 0. The fraction of sp³-hybridized carbons (Fsp3) is 0.300. The van der Waals surface area contributed by atoms with Gasteiger partial charge in [-0.15, -0.1) is 0 Å². The van der Waals surface area contributed by atoms with Crippen molar-refractivity contribution in [1.29, 1.82) is 0 Å². The van der Waals surface area contributed by atoms with Gasteiger partial charge in [0.1, 0.15) is 0 Å². The summed E-state index contributed by atoms with van der Waals surface area (Å²) in [4.78, 5) is 0. The molecule has 4 rings (SSSR count). The van der Waals surface area contributed by atoms with E-state index in [9.17, 15) is 0 Å². The zero-order valence-corrected chi connectivity index (χ0v) is 28.3. The van der Waals surface area contributed by atoms with Crippen molar-refractivity contribution in [2.45, 2.75) is 52.7 Å². The molecular formula is C40H46O6. The lowest BCUT2D eigenvalue weighted by molar-refractivity contribution is 0.198. The van der Waals surface area contributed by atoms with Gasteiger partial charge in [-0.2, -0.15) is 0 Å². The van der Waals surface area contributed by atoms with Gasteiger partial charge < -0.3 is 28.4 Å². The topological polar surface area (TPSA) is 55.4 Å². The lowest BCUT2D eigenvalue weighted by atomic mass is 10.0. The van der Waals surface area contributed by atoms with Crippen molar-refractivity contribution < 1.29 is 28.4 Å². The third-order valence-corrected chi connectivity index (χ3v) is 7.84. The molecule has 4 aromatic carbocycles. The zero-order valence-electron chi connectivity index (χ0n) is 28.3. The van der Waals surface area contributed by atoms with Crippen molar-refractivity contribution >= 4 is 24.3 Å². The molecule has 6 heteroatoms. The summed E-state index contributed by atoms with van der Waals surface area (Å²) in [6.45, 7) is 8.23. The minimum atomic E-state index is 0.0581. The maximum atomic E-state index is 6.07. The lowest BCUT2D eigenvalue weighted by Gasteiger charge is -2.18. The summed E-state index contributed by atoms with van der Waals surface area (Å²) in [6.07, 6.45) is 10.1. The second-order valence-corrected chi connectivity index (χ2v) is 11.1. The van der Waals surface area contributed by atoms with Gasteiger partial charge in [-0.05, 0) is 84.3 Å². The second kappa shape index (κ2) is 16.5. The second-order valence-electron chi connectivity index (χ2n) is 11.1. The van der Waals surface area contributed by atoms with Crippen molar-refractivity contribution in [2.24, 2.45) is 0 Å². The van der Waals surface area contributed by atoms with Gasteiger partial charge in [-0.3, -0.25) is 0 Å². The molecule has 0 N–H and O–H groups in total. The van der Waals surface area contributed by atoms with Crippen molar-refractivity contribution in [1.82, 2.24) is 0 Å². The average Bonchev–Trinajstić information content (AvgIpc) is 3.10. The summed E-state index contributed by atoms with van der Waals surface area (Å²) in [7, 11) is 6.58. The molecule has 0 aliphatic heterocycles. The first-order valence-corrected chi connectivity index (χ1v) is 15.7. The van der Waals surface area contributed by atoms with E-state index in [2.05, 4.69) is 74.5 Å². The van der Waals surface area contributed by atoms with Gasteiger partial charge in [-0.25, -0.2) is 0 Å². The molecule has 0 aliphatic rings. The summed E-state index contributed by atoms with van der Waals surface area (Å²) < 4.78 is 34.6. The lowest BCUT2D eigenvalue weighted by Crippen LogP contribution is -2.11. The van der Waals surface area contributed by atoms with Crippen LogP contribution in [0.1, 0.15) is 62.8 Å². The van der Waals surface area contributed by atoms with Crippen LogP contribution in [0.2, 0.25) is 0 Å². The Morgan fingerprint density at radius 1 is 0.457 bits per heavy atom. The molecule has 0 fully saturated rings. The number of benzene rings is 4. The Morgan fingerprint density at radius 3 is 1.00 bits per heavy atom. The molecule has 0 amide bonds. The highest BCUT2D eigenvalue weighted by molar-refractivity contribution is 5.76. The molecule has 2 unspecified atom stereocenters. The Kier molecular flexibility index (Phi) is 12.2. The molecule has 0 heterocycles. The van der Waals surface area contributed by atoms with Crippen molar-refractivity contribution in [3.05, 3.63) is 95.1 Å². The summed E-state index contributed by atoms with van der Waals surface area (Å²) in [5.41, 5.74) is 6.40. The maximum absolute atomic E-state index is 6.07. The number of methoxy groups -OCH3 is 4. The third-order valence-electron chi connectivity index (χ3n) is 7.84. The Balaban J connectivity index is 1.46. The molecule has 0 bridgehead atoms. The summed E-state index contributed by atoms with van der Waals surface area (Å²) in [5.74, 6) is 3.86. The molecule has 0 saturated heterocycles. The van der Waals surface area contributed by atoms with Crippen LogP contribution in [-0.2, 0) is 0 Å². The molecule has 242 valence electrons. The first-order chi connectivity index (χ1) is 22.3. The van der Waals surface area contributed by atoms with E-state index in [0.717, 1.165) is 46.2 Å². The van der Waals surface area contributed by atoms with Gasteiger partial charge in [-0.1, -0.05) is 86.7 Å². The molecule has 0 aliphatic carbocycles. The first-order valence-electron chi connectivity index (χ1n) is 15.7. The average molecular weight is 623 g/mol. The van der Waals surface area contributed by atoms with Crippen LogP contribution in [0, 0.1) is 0 Å². The van der Waals surface area contributed by atoms with E-state index < -0.39 is 0 Å². The number of rotatable bonds is 15. The van der Waals surface area contributed by atoms with Gasteiger partial charge in [0.25, 0.3) is 0 Å². The van der Waals surface area contributed by atoms with Gasteiger partial charge in [0, 0.05) is 0 Å². The van der Waals surface area contributed by atoms with Crippen LogP contribution < -0.4 is 28.4 Å². The van der Waals surface area contributed by atoms with Crippen molar-refractivity contribution in [3.63, 3.8) is 0 Å². The quantitative estimate of drug-likeness (QED) is 0.123. The molecule has 0 saturated carbocycles. The molecule has 0 spiro atoms. The molecule has 6 nitrogen and oxygen atoms in total. The Bertz CT molecular complexity index is 1450. The number of ether oxygens (including phenoxy) is 6. The van der Waals surface area contributed by atoms with Gasteiger partial charge in [0.2, 0.25) is 11.5 Å². The van der Waals surface area contributed by atoms with E-state index in [4.69, 9.17) is 28.4 Å². The normalized spacial score (nSPS) is 12.6. The Hall–Kier alpha value is -4.84. The van der Waals surface area contributed by atoms with Crippen LogP contribution in [0.3, 0.4) is 0 Å². The standard InChI is InChI=1S/C40H46O6/c1-9-27(3)45-39-35(41-5)23-31(24-36(39)42-6)13-11-29-15-19-33(20-16-29)34-21-17-30(18-22-34)12-14-32-25-37(43-7)40(38(26-32)44-8)46-28(4)10-2/h11-28H,9-10H2,1-8H3. The van der Waals surface area contributed by atoms with Crippen LogP contribution in [0.25, 0.3) is 35.4 Å². The molecule has 2 atom stereocenters. The van der Waals surface area contributed by atoms with Crippen molar-refractivity contribution in [2.75, 3.05) is 28.4 Å². The van der Waals surface area contributed by atoms with Gasteiger partial charge in [0.05, 0.1) is 40.6 Å². The Morgan fingerprint density at radius 2 is 0.739 bits per heavy atom.